The number of carbonyl (C=O) groups is 2. The van der Waals surface area contributed by atoms with Crippen molar-refractivity contribution in [3.63, 3.8) is 0 Å². The number of aromatic nitrogens is 2. The number of carbonyl (C=O) groups excluding carboxylic acids is 2. The van der Waals surface area contributed by atoms with Gasteiger partial charge in [0.1, 0.15) is 23.1 Å². The number of benzene rings is 1. The van der Waals surface area contributed by atoms with Crippen LogP contribution in [0.3, 0.4) is 0 Å². The predicted molar refractivity (Wildman–Crippen MR) is 152 cm³/mol. The fraction of sp³-hybridized carbons (Fsp3) is 0.515. The fourth-order valence-electron chi connectivity index (χ4n) is 7.10. The topological polar surface area (TPSA) is 85.5 Å². The number of hydrogen-bond acceptors (Lipinski definition) is 7. The molecule has 0 amide bonds. The van der Waals surface area contributed by atoms with Crippen LogP contribution < -0.4 is 0 Å². The number of pyridine rings is 1. The van der Waals surface area contributed by atoms with E-state index in [0.29, 0.717) is 31.0 Å². The van der Waals surface area contributed by atoms with Crippen molar-refractivity contribution in [3.8, 4) is 11.3 Å². The minimum absolute atomic E-state index is 0.0337. The Morgan fingerprint density at radius 2 is 1.81 bits per heavy atom. The number of nitrogens with zero attached hydrogens (tertiary/aromatic N) is 3. The molecule has 2 aliphatic heterocycles. The molecule has 0 unspecified atom stereocenters. The molecule has 1 aliphatic carbocycles. The van der Waals surface area contributed by atoms with Gasteiger partial charge in [-0.15, -0.1) is 0 Å². The van der Waals surface area contributed by atoms with Gasteiger partial charge in [0.25, 0.3) is 0 Å². The third-order valence-corrected chi connectivity index (χ3v) is 9.52. The van der Waals surface area contributed by atoms with Gasteiger partial charge in [0, 0.05) is 78.7 Å². The van der Waals surface area contributed by atoms with Crippen molar-refractivity contribution >= 4 is 11.6 Å². The second-order valence-electron chi connectivity index (χ2n) is 13.4. The quantitative estimate of drug-likeness (QED) is 0.266. The zero-order chi connectivity index (χ0) is 29.5. The first kappa shape index (κ1) is 28.8. The van der Waals surface area contributed by atoms with E-state index < -0.39 is 22.5 Å². The lowest BCUT2D eigenvalue weighted by Gasteiger charge is -2.56. The molecule has 1 aromatic carbocycles. The van der Waals surface area contributed by atoms with Gasteiger partial charge < -0.3 is 9.26 Å². The van der Waals surface area contributed by atoms with Crippen LogP contribution in [-0.2, 0) is 14.9 Å². The SMILES string of the molecule is CC(C)(CC(=O)CC1(CC(=O)c2cc(-c3ccc(F)cc3F)on2)CN(C2CCC3(CC2)COC3)C1)c1ccccn1. The fourth-order valence-corrected chi connectivity index (χ4v) is 7.10. The molecule has 2 aromatic heterocycles. The lowest BCUT2D eigenvalue weighted by Crippen LogP contribution is -2.62. The van der Waals surface area contributed by atoms with Crippen LogP contribution in [0.5, 0.6) is 0 Å². The summed E-state index contributed by atoms with van der Waals surface area (Å²) in [5.74, 6) is -1.59. The highest BCUT2D eigenvalue weighted by Gasteiger charge is 2.51. The van der Waals surface area contributed by atoms with Crippen molar-refractivity contribution < 1.29 is 27.6 Å². The highest BCUT2D eigenvalue weighted by atomic mass is 19.1. The summed E-state index contributed by atoms with van der Waals surface area (Å²) in [6.07, 6.45) is 6.99. The summed E-state index contributed by atoms with van der Waals surface area (Å²) in [6.45, 7) is 7.09. The van der Waals surface area contributed by atoms with Crippen LogP contribution in [-0.4, -0.2) is 59.0 Å². The third-order valence-electron chi connectivity index (χ3n) is 9.52. The van der Waals surface area contributed by atoms with Crippen molar-refractivity contribution in [1.82, 2.24) is 15.0 Å². The summed E-state index contributed by atoms with van der Waals surface area (Å²) in [6, 6.07) is 10.7. The molecule has 6 rings (SSSR count). The van der Waals surface area contributed by atoms with E-state index in [1.807, 2.05) is 32.0 Å². The number of Topliss-reactive ketones (excluding diaryl/α,β-unsaturated/α-hetero) is 2. The first-order valence-electron chi connectivity index (χ1n) is 14.8. The van der Waals surface area contributed by atoms with Crippen LogP contribution in [0.1, 0.15) is 75.0 Å². The number of ketones is 2. The van der Waals surface area contributed by atoms with E-state index in [9.17, 15) is 18.4 Å². The average Bonchev–Trinajstić information content (AvgIpc) is 3.41. The maximum Gasteiger partial charge on any atom is 0.185 e. The number of ether oxygens (including phenoxy) is 1. The van der Waals surface area contributed by atoms with Gasteiger partial charge in [-0.2, -0.15) is 0 Å². The molecule has 0 radical (unpaired) electrons. The Hall–Kier alpha value is -3.30. The molecule has 7 nitrogen and oxygen atoms in total. The number of rotatable bonds is 10. The van der Waals surface area contributed by atoms with E-state index in [2.05, 4.69) is 15.0 Å². The van der Waals surface area contributed by atoms with Crippen LogP contribution in [0.15, 0.2) is 53.2 Å². The Bertz CT molecular complexity index is 1450. The molecule has 9 heteroatoms. The highest BCUT2D eigenvalue weighted by molar-refractivity contribution is 5.96. The van der Waals surface area contributed by atoms with E-state index in [-0.39, 0.29) is 41.4 Å². The number of likely N-dealkylation sites (tertiary alicyclic amines) is 1. The smallest absolute Gasteiger partial charge is 0.185 e. The molecule has 222 valence electrons. The van der Waals surface area contributed by atoms with Gasteiger partial charge in [0.2, 0.25) is 0 Å². The Kier molecular flexibility index (Phi) is 7.60. The summed E-state index contributed by atoms with van der Waals surface area (Å²) in [7, 11) is 0. The monoisotopic (exact) mass is 577 g/mol. The normalized spacial score (nSPS) is 20.2. The first-order chi connectivity index (χ1) is 20.1. The van der Waals surface area contributed by atoms with E-state index in [0.717, 1.165) is 56.7 Å². The van der Waals surface area contributed by atoms with Crippen molar-refractivity contribution in [2.45, 2.75) is 70.3 Å². The molecule has 42 heavy (non-hydrogen) atoms. The Morgan fingerprint density at radius 1 is 1.05 bits per heavy atom. The highest BCUT2D eigenvalue weighted by Crippen LogP contribution is 2.48. The van der Waals surface area contributed by atoms with Gasteiger partial charge in [-0.3, -0.25) is 19.5 Å². The maximum absolute atomic E-state index is 14.3. The van der Waals surface area contributed by atoms with E-state index in [1.165, 1.54) is 12.1 Å². The largest absolute Gasteiger partial charge is 0.380 e. The number of hydrogen-bond donors (Lipinski definition) is 0. The summed E-state index contributed by atoms with van der Waals surface area (Å²) in [4.78, 5) is 34.0. The Balaban J connectivity index is 1.16. The zero-order valence-corrected chi connectivity index (χ0v) is 24.2. The van der Waals surface area contributed by atoms with Crippen molar-refractivity contribution in [2.24, 2.45) is 10.8 Å². The summed E-state index contributed by atoms with van der Waals surface area (Å²) in [5, 5.41) is 3.91. The van der Waals surface area contributed by atoms with Crippen molar-refractivity contribution in [2.75, 3.05) is 26.3 Å². The summed E-state index contributed by atoms with van der Waals surface area (Å²) < 4.78 is 38.4. The standard InChI is InChI=1S/C33H37F2N3O4/c1-31(2,30-5-3-4-12-36-30)15-24(39)16-33(18-38(19-33)23-8-10-32(11-9-23)20-41-21-32)17-28(40)27-14-29(42-37-27)25-7-6-22(34)13-26(25)35/h3-7,12-14,23H,8-11,15-21H2,1-2H3. The van der Waals surface area contributed by atoms with Gasteiger partial charge >= 0.3 is 0 Å². The van der Waals surface area contributed by atoms with Crippen LogP contribution in [0.2, 0.25) is 0 Å². The maximum atomic E-state index is 14.3. The minimum atomic E-state index is -0.792. The molecule has 0 bridgehead atoms. The minimum Gasteiger partial charge on any atom is -0.380 e. The second kappa shape index (κ2) is 11.1. The molecule has 4 heterocycles. The molecular formula is C33H37F2N3O4. The summed E-state index contributed by atoms with van der Waals surface area (Å²) in [5.41, 5.74) is 0.386. The molecule has 0 N–H and O–H groups in total. The lowest BCUT2D eigenvalue weighted by atomic mass is 9.66. The molecular weight excluding hydrogens is 540 g/mol. The predicted octanol–water partition coefficient (Wildman–Crippen LogP) is 6.18. The van der Waals surface area contributed by atoms with Crippen LogP contribution in [0.4, 0.5) is 8.78 Å². The van der Waals surface area contributed by atoms with Gasteiger partial charge in [-0.25, -0.2) is 8.78 Å². The van der Waals surface area contributed by atoms with Gasteiger partial charge in [-0.1, -0.05) is 25.1 Å². The second-order valence-corrected chi connectivity index (χ2v) is 13.4. The first-order valence-corrected chi connectivity index (χ1v) is 14.8. The van der Waals surface area contributed by atoms with Crippen molar-refractivity contribution in [3.05, 3.63) is 71.7 Å². The number of halogens is 2. The summed E-state index contributed by atoms with van der Waals surface area (Å²) >= 11 is 0. The molecule has 1 spiro atoms. The Labute approximate surface area is 244 Å². The van der Waals surface area contributed by atoms with Crippen LogP contribution in [0, 0.1) is 22.5 Å². The van der Waals surface area contributed by atoms with E-state index in [1.54, 1.807) is 6.20 Å². The van der Waals surface area contributed by atoms with E-state index >= 15 is 0 Å². The Morgan fingerprint density at radius 3 is 2.45 bits per heavy atom. The molecule has 2 saturated heterocycles. The molecule has 0 atom stereocenters. The zero-order valence-electron chi connectivity index (χ0n) is 24.2. The third kappa shape index (κ3) is 5.81. The van der Waals surface area contributed by atoms with Crippen LogP contribution in [0.25, 0.3) is 11.3 Å². The van der Waals surface area contributed by atoms with Crippen LogP contribution >= 0.6 is 0 Å². The van der Waals surface area contributed by atoms with Crippen molar-refractivity contribution in [1.29, 1.82) is 0 Å². The lowest BCUT2D eigenvalue weighted by molar-refractivity contribution is -0.149. The van der Waals surface area contributed by atoms with Gasteiger partial charge in [0.15, 0.2) is 11.5 Å². The van der Waals surface area contributed by atoms with Gasteiger partial charge in [0.05, 0.1) is 18.8 Å². The van der Waals surface area contributed by atoms with Gasteiger partial charge in [-0.05, 0) is 49.9 Å². The van der Waals surface area contributed by atoms with E-state index in [4.69, 9.17) is 9.26 Å². The molecule has 3 aromatic rings. The molecule has 3 aliphatic rings. The molecule has 3 fully saturated rings. The average molecular weight is 578 g/mol. The molecule has 1 saturated carbocycles.